The number of hydrogen-bond acceptors (Lipinski definition) is 8. The minimum atomic E-state index is -1.22. The lowest BCUT2D eigenvalue weighted by molar-refractivity contribution is -0.384. The number of unbranched alkanes of at least 4 members (excludes halogenated alkanes) is 11. The Labute approximate surface area is 377 Å². The summed E-state index contributed by atoms with van der Waals surface area (Å²) in [6, 6.07) is 20.0. The van der Waals surface area contributed by atoms with Crippen LogP contribution in [0.5, 0.6) is 0 Å². The lowest BCUT2D eigenvalue weighted by Gasteiger charge is -2.26. The predicted octanol–water partition coefficient (Wildman–Crippen LogP) is 6.64. The number of nitrogens with zero attached hydrogens (tertiary/aromatic N) is 1. The number of nitrogens with one attached hydrogen (secondary N) is 4. The molecule has 0 aliphatic rings. The Kier molecular flexibility index (Phi) is 23.9. The summed E-state index contributed by atoms with van der Waals surface area (Å²) in [6.07, 6.45) is 13.3. The predicted molar refractivity (Wildman–Crippen MR) is 246 cm³/mol. The van der Waals surface area contributed by atoms with Gasteiger partial charge in [-0.3, -0.25) is 34.1 Å². The van der Waals surface area contributed by atoms with E-state index in [9.17, 15) is 44.0 Å². The van der Waals surface area contributed by atoms with E-state index in [1.807, 2.05) is 50.2 Å². The van der Waals surface area contributed by atoms with Crippen LogP contribution in [0, 0.1) is 16.0 Å². The van der Waals surface area contributed by atoms with E-state index >= 15 is 0 Å². The first-order valence-corrected chi connectivity index (χ1v) is 22.8. The number of carboxylic acids is 1. The Morgan fingerprint density at radius 3 is 1.41 bits per heavy atom. The van der Waals surface area contributed by atoms with Gasteiger partial charge in [0.2, 0.25) is 29.5 Å². The maximum atomic E-state index is 13.4. The van der Waals surface area contributed by atoms with Gasteiger partial charge in [-0.2, -0.15) is 0 Å². The minimum absolute atomic E-state index is 0.0309. The highest BCUT2D eigenvalue weighted by molar-refractivity contribution is 5.92. The fourth-order valence-corrected chi connectivity index (χ4v) is 7.41. The summed E-state index contributed by atoms with van der Waals surface area (Å²) in [5.41, 5.74) is 7.67. The van der Waals surface area contributed by atoms with Gasteiger partial charge in [0.1, 0.15) is 24.2 Å². The molecule has 7 N–H and O–H groups in total. The molecule has 0 spiro atoms. The smallest absolute Gasteiger partial charge is 0.326 e. The molecule has 0 radical (unpaired) electrons. The zero-order valence-corrected chi connectivity index (χ0v) is 37.4. The van der Waals surface area contributed by atoms with Crippen LogP contribution in [-0.2, 0) is 48.0 Å². The Morgan fingerprint density at radius 1 is 0.562 bits per heavy atom. The third kappa shape index (κ3) is 20.4. The number of non-ortho nitro benzene ring substituents is 1. The monoisotopic (exact) mass is 885 g/mol. The summed E-state index contributed by atoms with van der Waals surface area (Å²) in [5, 5.41) is 31.9. The van der Waals surface area contributed by atoms with E-state index in [0.29, 0.717) is 24.8 Å². The summed E-state index contributed by atoms with van der Waals surface area (Å²) >= 11 is 0. The number of carboxylic acid groups (broad SMARTS) is 1. The lowest BCUT2D eigenvalue weighted by atomic mass is 9.97. The van der Waals surface area contributed by atoms with Crippen LogP contribution in [0.1, 0.15) is 127 Å². The van der Waals surface area contributed by atoms with E-state index in [2.05, 4.69) is 21.3 Å². The molecule has 348 valence electrons. The zero-order chi connectivity index (χ0) is 46.7. The van der Waals surface area contributed by atoms with E-state index in [-0.39, 0.29) is 49.1 Å². The van der Waals surface area contributed by atoms with Crippen molar-refractivity contribution in [2.75, 3.05) is 0 Å². The molecule has 3 rings (SSSR count). The van der Waals surface area contributed by atoms with Crippen molar-refractivity contribution in [1.29, 1.82) is 0 Å². The Bertz CT molecular complexity index is 1910. The van der Waals surface area contributed by atoms with Crippen molar-refractivity contribution in [3.8, 4) is 0 Å². The molecule has 0 saturated heterocycles. The lowest BCUT2D eigenvalue weighted by Crippen LogP contribution is -2.55. The van der Waals surface area contributed by atoms with Crippen molar-refractivity contribution >= 4 is 41.2 Å². The van der Waals surface area contributed by atoms with E-state index in [1.54, 1.807) is 24.3 Å². The van der Waals surface area contributed by atoms with Crippen molar-refractivity contribution < 1.29 is 38.8 Å². The maximum Gasteiger partial charge on any atom is 0.326 e. The number of aliphatic carboxylic acids is 1. The molecule has 0 fully saturated rings. The highest BCUT2D eigenvalue weighted by Gasteiger charge is 2.30. The molecular weight excluding hydrogens is 817 g/mol. The number of rotatable bonds is 32. The summed E-state index contributed by atoms with van der Waals surface area (Å²) in [5.74, 6) is -3.53. The van der Waals surface area contributed by atoms with Gasteiger partial charge in [0.05, 0.1) is 4.92 Å². The molecule has 15 nitrogen and oxygen atoms in total. The zero-order valence-electron chi connectivity index (χ0n) is 37.4. The Morgan fingerprint density at radius 2 is 0.969 bits per heavy atom. The molecule has 5 amide bonds. The quantitative estimate of drug-likeness (QED) is 0.0223. The number of nitro groups is 1. The number of amides is 5. The number of hydrogen-bond donors (Lipinski definition) is 6. The third-order valence-electron chi connectivity index (χ3n) is 11.4. The third-order valence-corrected chi connectivity index (χ3v) is 11.4. The van der Waals surface area contributed by atoms with E-state index < -0.39 is 52.8 Å². The van der Waals surface area contributed by atoms with Crippen molar-refractivity contribution in [3.05, 3.63) is 112 Å². The summed E-state index contributed by atoms with van der Waals surface area (Å²) < 4.78 is 0. The number of carbonyl (C=O) groups is 6. The first-order valence-electron chi connectivity index (χ1n) is 22.8. The number of nitrogens with two attached hydrogens (primary N) is 1. The molecule has 3 aromatic carbocycles. The SMILES string of the molecule is CCC(C)[C@H](NC(=O)CCCCCCCCCCCCCCC(=O)N[C@@H](Cc1ccc([N+](=O)[O-])cc1)C(=O)N[C@@H](Cc1ccccc1)C(=O)O)C(=O)N[C@@H](Cc1ccccc1)C(N)=O. The molecule has 0 saturated carbocycles. The van der Waals surface area contributed by atoms with Crippen LogP contribution < -0.4 is 27.0 Å². The molecule has 0 aliphatic carbocycles. The van der Waals surface area contributed by atoms with Crippen LogP contribution in [0.3, 0.4) is 0 Å². The Balaban J connectivity index is 1.29. The summed E-state index contributed by atoms with van der Waals surface area (Å²) in [4.78, 5) is 87.2. The van der Waals surface area contributed by atoms with Gasteiger partial charge in [0, 0.05) is 44.2 Å². The molecule has 15 heteroatoms. The fraction of sp³-hybridized carbons (Fsp3) is 0.510. The van der Waals surface area contributed by atoms with Crippen molar-refractivity contribution in [1.82, 2.24) is 21.3 Å². The van der Waals surface area contributed by atoms with Crippen LogP contribution in [0.2, 0.25) is 0 Å². The topological polar surface area (TPSA) is 240 Å². The Hall–Kier alpha value is -6.12. The summed E-state index contributed by atoms with van der Waals surface area (Å²) in [7, 11) is 0. The minimum Gasteiger partial charge on any atom is -0.480 e. The first kappa shape index (κ1) is 52.2. The van der Waals surface area contributed by atoms with E-state index in [0.717, 1.165) is 81.8 Å². The molecule has 5 atom stereocenters. The number of carbonyl (C=O) groups excluding carboxylic acids is 5. The first-order chi connectivity index (χ1) is 30.8. The van der Waals surface area contributed by atoms with Gasteiger partial charge in [-0.15, -0.1) is 0 Å². The standard InChI is InChI=1S/C49H68N6O9/c1-3-35(2)45(48(60)52-40(46(50)58)32-36-22-16-14-17-23-36)54-44(57)27-21-13-11-9-7-5-4-6-8-10-12-20-26-43(56)51-41(33-38-28-30-39(31-29-38)55(63)64)47(59)53-42(49(61)62)34-37-24-18-15-19-25-37/h14-19,22-25,28-31,35,40-42,45H,3-13,20-21,26-27,32-34H2,1-2H3,(H2,50,58)(H,51,56)(H,52,60)(H,53,59)(H,54,57)(H,61,62)/t35?,40-,41-,42-,45-/m0/s1. The number of primary amides is 1. The van der Waals surface area contributed by atoms with Gasteiger partial charge < -0.3 is 32.1 Å². The molecule has 1 unspecified atom stereocenters. The van der Waals surface area contributed by atoms with Gasteiger partial charge in [-0.25, -0.2) is 4.79 Å². The van der Waals surface area contributed by atoms with Crippen molar-refractivity contribution in [2.45, 2.75) is 154 Å². The molecule has 0 heterocycles. The number of benzene rings is 3. The molecule has 3 aromatic rings. The average molecular weight is 885 g/mol. The normalized spacial score (nSPS) is 13.3. The van der Waals surface area contributed by atoms with Crippen LogP contribution in [-0.4, -0.2) is 69.7 Å². The number of nitro benzene ring substituents is 1. The largest absolute Gasteiger partial charge is 0.480 e. The second-order valence-electron chi connectivity index (χ2n) is 16.7. The molecule has 0 aliphatic heterocycles. The second kappa shape index (κ2) is 29.3. The average Bonchev–Trinajstić information content (AvgIpc) is 3.28. The summed E-state index contributed by atoms with van der Waals surface area (Å²) in [6.45, 7) is 3.85. The van der Waals surface area contributed by atoms with Crippen LogP contribution >= 0.6 is 0 Å². The molecular formula is C49H68N6O9. The highest BCUT2D eigenvalue weighted by atomic mass is 16.6. The van der Waals surface area contributed by atoms with Gasteiger partial charge in [0.25, 0.3) is 5.69 Å². The van der Waals surface area contributed by atoms with Crippen LogP contribution in [0.15, 0.2) is 84.9 Å². The molecule has 64 heavy (non-hydrogen) atoms. The van der Waals surface area contributed by atoms with Gasteiger partial charge in [0.15, 0.2) is 0 Å². The van der Waals surface area contributed by atoms with Crippen molar-refractivity contribution in [2.24, 2.45) is 11.7 Å². The van der Waals surface area contributed by atoms with Gasteiger partial charge in [-0.1, -0.05) is 157 Å². The van der Waals surface area contributed by atoms with Gasteiger partial charge >= 0.3 is 5.97 Å². The van der Waals surface area contributed by atoms with E-state index in [4.69, 9.17) is 5.73 Å². The fourth-order valence-electron chi connectivity index (χ4n) is 7.41. The van der Waals surface area contributed by atoms with Crippen molar-refractivity contribution in [3.63, 3.8) is 0 Å². The van der Waals surface area contributed by atoms with Crippen LogP contribution in [0.25, 0.3) is 0 Å². The van der Waals surface area contributed by atoms with Gasteiger partial charge in [-0.05, 0) is 35.4 Å². The molecule has 0 bridgehead atoms. The highest BCUT2D eigenvalue weighted by Crippen LogP contribution is 2.17. The second-order valence-corrected chi connectivity index (χ2v) is 16.7. The van der Waals surface area contributed by atoms with E-state index in [1.165, 1.54) is 24.3 Å². The van der Waals surface area contributed by atoms with Crippen LogP contribution in [0.4, 0.5) is 5.69 Å². The molecule has 0 aromatic heterocycles. The maximum absolute atomic E-state index is 13.4.